The molecule has 1 saturated heterocycles. The number of nitrogens with two attached hydrogens (primary N) is 1. The summed E-state index contributed by atoms with van der Waals surface area (Å²) >= 11 is 0. The molecule has 2 aliphatic rings. The molecule has 1 aromatic heterocycles. The van der Waals surface area contributed by atoms with Crippen molar-refractivity contribution in [1.29, 1.82) is 0 Å². The number of aromatic nitrogens is 2. The van der Waals surface area contributed by atoms with Crippen LogP contribution in [0.15, 0.2) is 47.4 Å². The van der Waals surface area contributed by atoms with Gasteiger partial charge in [0, 0.05) is 43.4 Å². The maximum absolute atomic E-state index is 13.8. The number of anilines is 1. The summed E-state index contributed by atoms with van der Waals surface area (Å²) < 4.78 is 48.2. The number of ketones is 1. The van der Waals surface area contributed by atoms with Crippen molar-refractivity contribution in [2.75, 3.05) is 17.9 Å². The highest BCUT2D eigenvalue weighted by atomic mass is 32.2. The fraction of sp³-hybridized carbons (Fsp3) is 0.471. The van der Waals surface area contributed by atoms with Crippen molar-refractivity contribution < 1.29 is 37.3 Å². The Hall–Kier alpha value is -3.91. The molecule has 3 aromatic rings. The van der Waals surface area contributed by atoms with E-state index in [2.05, 4.69) is 35.5 Å². The lowest BCUT2D eigenvalue weighted by molar-refractivity contribution is -0.189. The smallest absolute Gasteiger partial charge is 0.335 e. The number of carboxylic acid groups (broad SMARTS) is 1. The second-order valence-electron chi connectivity index (χ2n) is 13.6. The Morgan fingerprint density at radius 1 is 1.13 bits per heavy atom. The van der Waals surface area contributed by atoms with Crippen LogP contribution in [0.2, 0.25) is 0 Å². The maximum atomic E-state index is 13.8. The molecule has 2 aromatic carbocycles. The van der Waals surface area contributed by atoms with E-state index >= 15 is 0 Å². The molecule has 13 heteroatoms. The minimum Gasteiger partial charge on any atom is -0.478 e. The summed E-state index contributed by atoms with van der Waals surface area (Å²) in [7, 11) is -4.41. The first-order chi connectivity index (χ1) is 22.0. The average Bonchev–Trinajstić information content (AvgIpc) is 3.40. The molecule has 1 spiro atoms. The SMILES string of the molecule is Cc1cccc(C)c1-c1cc(OCC(N)CC(C)(C)C)nc(NS(=O)(=O)c2cc(C(=O)O)cc(C3COC4(CCC(=O)CC4)O3)c2)n1. The van der Waals surface area contributed by atoms with Gasteiger partial charge in [-0.05, 0) is 60.6 Å². The van der Waals surface area contributed by atoms with E-state index in [-0.39, 0.29) is 52.7 Å². The number of rotatable bonds is 10. The average molecular weight is 667 g/mol. The van der Waals surface area contributed by atoms with Crippen LogP contribution in [0.1, 0.15) is 86.0 Å². The van der Waals surface area contributed by atoms with Gasteiger partial charge in [-0.2, -0.15) is 4.98 Å². The van der Waals surface area contributed by atoms with Crippen LogP contribution < -0.4 is 15.2 Å². The van der Waals surface area contributed by atoms with E-state index in [4.69, 9.17) is 19.9 Å². The lowest BCUT2D eigenvalue weighted by atomic mass is 9.89. The van der Waals surface area contributed by atoms with Gasteiger partial charge < -0.3 is 25.1 Å². The predicted molar refractivity (Wildman–Crippen MR) is 175 cm³/mol. The fourth-order valence-corrected chi connectivity index (χ4v) is 7.11. The normalized spacial score (nSPS) is 18.7. The van der Waals surface area contributed by atoms with Crippen molar-refractivity contribution in [2.45, 2.75) is 89.6 Å². The van der Waals surface area contributed by atoms with E-state index in [1.807, 2.05) is 32.0 Å². The highest BCUT2D eigenvalue weighted by Gasteiger charge is 2.44. The van der Waals surface area contributed by atoms with Crippen molar-refractivity contribution in [1.82, 2.24) is 9.97 Å². The second kappa shape index (κ2) is 13.3. The molecule has 2 fully saturated rings. The van der Waals surface area contributed by atoms with Gasteiger partial charge in [-0.3, -0.25) is 4.79 Å². The van der Waals surface area contributed by atoms with Gasteiger partial charge in [0.2, 0.25) is 11.8 Å². The van der Waals surface area contributed by atoms with Gasteiger partial charge in [-0.15, -0.1) is 0 Å². The summed E-state index contributed by atoms with van der Waals surface area (Å²) in [5, 5.41) is 9.85. The second-order valence-corrected chi connectivity index (χ2v) is 15.3. The number of carbonyl (C=O) groups excluding carboxylic acids is 1. The standard InChI is InChI=1S/C34H42N4O8S/c1-20-7-6-8-21(2)30(20)27-16-29(44-18-24(35)17-33(3,4)5)37-32(36-27)38-47(42,43)26-14-22(13-23(15-26)31(40)41)28-19-45-34(46-28)11-9-25(39)10-12-34/h6-8,13-16,24,28H,9-12,17-19,35H2,1-5H3,(H,40,41)(H,36,37,38). The molecule has 1 aliphatic carbocycles. The van der Waals surface area contributed by atoms with E-state index in [1.54, 1.807) is 6.07 Å². The minimum atomic E-state index is -4.41. The Labute approximate surface area is 275 Å². The number of aromatic carboxylic acids is 1. The molecule has 0 radical (unpaired) electrons. The molecule has 2 atom stereocenters. The van der Waals surface area contributed by atoms with Crippen LogP contribution in [-0.2, 0) is 24.3 Å². The number of benzene rings is 2. The van der Waals surface area contributed by atoms with Crippen molar-refractivity contribution in [3.05, 3.63) is 64.7 Å². The number of hydrogen-bond donors (Lipinski definition) is 3. The Bertz CT molecular complexity index is 1760. The quantitative estimate of drug-likeness (QED) is 0.255. The van der Waals surface area contributed by atoms with Crippen molar-refractivity contribution in [3.63, 3.8) is 0 Å². The zero-order chi connectivity index (χ0) is 34.1. The third kappa shape index (κ3) is 8.33. The van der Waals surface area contributed by atoms with Crippen LogP contribution in [0.3, 0.4) is 0 Å². The van der Waals surface area contributed by atoms with Gasteiger partial charge in [0.25, 0.3) is 10.0 Å². The van der Waals surface area contributed by atoms with Gasteiger partial charge in [0.05, 0.1) is 22.8 Å². The van der Waals surface area contributed by atoms with Crippen LogP contribution in [-0.4, -0.2) is 60.3 Å². The largest absolute Gasteiger partial charge is 0.478 e. The topological polar surface area (TPSA) is 180 Å². The summed E-state index contributed by atoms with van der Waals surface area (Å²) in [5.41, 5.74) is 9.46. The lowest BCUT2D eigenvalue weighted by Gasteiger charge is -2.31. The van der Waals surface area contributed by atoms with Crippen LogP contribution in [0.25, 0.3) is 11.3 Å². The number of sulfonamides is 1. The van der Waals surface area contributed by atoms with Gasteiger partial charge >= 0.3 is 5.97 Å². The molecular formula is C34H42N4O8S. The van der Waals surface area contributed by atoms with Crippen LogP contribution >= 0.6 is 0 Å². The Morgan fingerprint density at radius 2 is 1.81 bits per heavy atom. The molecule has 1 aliphatic heterocycles. The van der Waals surface area contributed by atoms with Gasteiger partial charge in [-0.25, -0.2) is 22.9 Å². The van der Waals surface area contributed by atoms with Gasteiger partial charge in [-0.1, -0.05) is 39.0 Å². The van der Waals surface area contributed by atoms with Crippen molar-refractivity contribution in [3.8, 4) is 17.1 Å². The first-order valence-electron chi connectivity index (χ1n) is 15.6. The number of nitrogens with one attached hydrogen (secondary N) is 1. The number of hydrogen-bond acceptors (Lipinski definition) is 10. The monoisotopic (exact) mass is 666 g/mol. The van der Waals surface area contributed by atoms with E-state index in [0.29, 0.717) is 43.4 Å². The summed E-state index contributed by atoms with van der Waals surface area (Å²) in [4.78, 5) is 32.4. The number of aryl methyl sites for hydroxylation is 2. The summed E-state index contributed by atoms with van der Waals surface area (Å²) in [6.07, 6.45) is 1.37. The molecule has 2 heterocycles. The zero-order valence-electron chi connectivity index (χ0n) is 27.3. The third-order valence-electron chi connectivity index (χ3n) is 8.27. The maximum Gasteiger partial charge on any atom is 0.335 e. The Kier molecular flexibility index (Phi) is 9.74. The fourth-order valence-electron chi connectivity index (χ4n) is 6.09. The van der Waals surface area contributed by atoms with Gasteiger partial charge in [0.15, 0.2) is 5.79 Å². The Balaban J connectivity index is 1.47. The predicted octanol–water partition coefficient (Wildman–Crippen LogP) is 5.33. The number of carboxylic acids is 1. The number of nitrogens with zero attached hydrogens (tertiary/aromatic N) is 2. The summed E-state index contributed by atoms with van der Waals surface area (Å²) in [5.74, 6) is -2.26. The molecule has 1 saturated carbocycles. The summed E-state index contributed by atoms with van der Waals surface area (Å²) in [6.45, 7) is 10.3. The zero-order valence-corrected chi connectivity index (χ0v) is 28.1. The van der Waals surface area contributed by atoms with Crippen LogP contribution in [0, 0.1) is 19.3 Å². The highest BCUT2D eigenvalue weighted by molar-refractivity contribution is 7.92. The molecule has 4 N–H and O–H groups in total. The van der Waals surface area contributed by atoms with Crippen LogP contribution in [0.5, 0.6) is 5.88 Å². The van der Waals surface area contributed by atoms with E-state index in [0.717, 1.165) is 22.8 Å². The van der Waals surface area contributed by atoms with Crippen molar-refractivity contribution >= 4 is 27.7 Å². The first kappa shape index (κ1) is 34.4. The molecular weight excluding hydrogens is 624 g/mol. The van der Waals surface area contributed by atoms with E-state index < -0.39 is 27.9 Å². The first-order valence-corrected chi connectivity index (χ1v) is 17.1. The molecule has 2 unspecified atom stereocenters. The van der Waals surface area contributed by atoms with E-state index in [1.165, 1.54) is 12.1 Å². The Morgan fingerprint density at radius 3 is 2.45 bits per heavy atom. The number of ether oxygens (including phenoxy) is 3. The number of Topliss-reactive ketones (excluding diaryl/α,β-unsaturated/α-hetero) is 1. The molecule has 47 heavy (non-hydrogen) atoms. The molecule has 252 valence electrons. The molecule has 0 bridgehead atoms. The number of carbonyl (C=O) groups is 2. The van der Waals surface area contributed by atoms with Gasteiger partial charge in [0.1, 0.15) is 18.5 Å². The highest BCUT2D eigenvalue weighted by Crippen LogP contribution is 2.42. The summed E-state index contributed by atoms with van der Waals surface area (Å²) in [6, 6.07) is 10.9. The third-order valence-corrected chi connectivity index (χ3v) is 9.58. The van der Waals surface area contributed by atoms with E-state index in [9.17, 15) is 23.1 Å². The molecule has 5 rings (SSSR count). The lowest BCUT2D eigenvalue weighted by Crippen LogP contribution is -2.35. The molecule has 12 nitrogen and oxygen atoms in total. The molecule has 0 amide bonds. The van der Waals surface area contributed by atoms with Crippen LogP contribution in [0.4, 0.5) is 5.95 Å². The van der Waals surface area contributed by atoms with Crippen molar-refractivity contribution in [2.24, 2.45) is 11.1 Å². The minimum absolute atomic E-state index is 0.0201.